The highest BCUT2D eigenvalue weighted by atomic mass is 32.1. The molecule has 0 unspecified atom stereocenters. The van der Waals surface area contributed by atoms with E-state index in [0.29, 0.717) is 0 Å². The summed E-state index contributed by atoms with van der Waals surface area (Å²) in [5, 5.41) is 4.51. The molecule has 3 rings (SSSR count). The molecular formula is C20H30N6OS. The van der Waals surface area contributed by atoms with Gasteiger partial charge >= 0.3 is 0 Å². The van der Waals surface area contributed by atoms with Crippen LogP contribution in [0.5, 0.6) is 5.75 Å². The van der Waals surface area contributed by atoms with E-state index in [4.69, 9.17) is 4.74 Å². The largest absolute Gasteiger partial charge is 0.491 e. The van der Waals surface area contributed by atoms with Gasteiger partial charge in [-0.25, -0.2) is 4.98 Å². The standard InChI is InChI=1S/C20H30N6OS/c1-5-18-23-20(28-24-18)26-12-10-25(11-13-26)19(21-4)22-14-16-6-8-17(9-7-16)27-15(2)3/h6-9,15H,5,10-14H2,1-4H3,(H,21,22). The first kappa shape index (κ1) is 20.4. The van der Waals surface area contributed by atoms with E-state index in [2.05, 4.69) is 48.5 Å². The van der Waals surface area contributed by atoms with Crippen molar-refractivity contribution in [2.24, 2.45) is 4.99 Å². The van der Waals surface area contributed by atoms with Gasteiger partial charge in [0.15, 0.2) is 5.96 Å². The first-order chi connectivity index (χ1) is 13.6. The van der Waals surface area contributed by atoms with Gasteiger partial charge in [-0.05, 0) is 31.5 Å². The van der Waals surface area contributed by atoms with Crippen LogP contribution in [0.3, 0.4) is 0 Å². The fourth-order valence-corrected chi connectivity index (χ4v) is 3.90. The van der Waals surface area contributed by atoms with Crippen LogP contribution in [0.15, 0.2) is 29.3 Å². The quantitative estimate of drug-likeness (QED) is 0.592. The molecule has 1 saturated heterocycles. The van der Waals surface area contributed by atoms with Gasteiger partial charge in [-0.3, -0.25) is 4.99 Å². The number of benzene rings is 1. The molecule has 1 aliphatic heterocycles. The van der Waals surface area contributed by atoms with Crippen molar-refractivity contribution in [1.82, 2.24) is 19.6 Å². The smallest absolute Gasteiger partial charge is 0.205 e. The SMILES string of the molecule is CCc1nsc(N2CCN(C(=NC)NCc3ccc(OC(C)C)cc3)CC2)n1. The molecule has 0 atom stereocenters. The number of aliphatic imine (C=N–C) groups is 1. The Morgan fingerprint density at radius 2 is 1.93 bits per heavy atom. The lowest BCUT2D eigenvalue weighted by Crippen LogP contribution is -2.52. The Balaban J connectivity index is 1.49. The predicted octanol–water partition coefficient (Wildman–Crippen LogP) is 2.79. The summed E-state index contributed by atoms with van der Waals surface area (Å²) >= 11 is 1.50. The molecule has 0 amide bonds. The van der Waals surface area contributed by atoms with Crippen LogP contribution in [-0.4, -0.2) is 59.5 Å². The lowest BCUT2D eigenvalue weighted by Gasteiger charge is -2.36. The van der Waals surface area contributed by atoms with Crippen molar-refractivity contribution < 1.29 is 4.74 Å². The van der Waals surface area contributed by atoms with E-state index in [1.54, 1.807) is 0 Å². The number of anilines is 1. The van der Waals surface area contributed by atoms with Crippen LogP contribution in [0.4, 0.5) is 5.13 Å². The second-order valence-electron chi connectivity index (χ2n) is 7.03. The van der Waals surface area contributed by atoms with Crippen LogP contribution in [0.25, 0.3) is 0 Å². The maximum absolute atomic E-state index is 5.70. The summed E-state index contributed by atoms with van der Waals surface area (Å²) in [5.74, 6) is 2.78. The molecule has 1 aliphatic rings. The van der Waals surface area contributed by atoms with Crippen molar-refractivity contribution in [3.05, 3.63) is 35.7 Å². The number of nitrogens with one attached hydrogen (secondary N) is 1. The number of hydrogen-bond acceptors (Lipinski definition) is 6. The van der Waals surface area contributed by atoms with E-state index < -0.39 is 0 Å². The number of nitrogens with zero attached hydrogens (tertiary/aromatic N) is 5. The van der Waals surface area contributed by atoms with Gasteiger partial charge in [-0.1, -0.05) is 19.1 Å². The van der Waals surface area contributed by atoms with Crippen molar-refractivity contribution in [3.63, 3.8) is 0 Å². The topological polar surface area (TPSA) is 65.9 Å². The summed E-state index contributed by atoms with van der Waals surface area (Å²) < 4.78 is 10.1. The van der Waals surface area contributed by atoms with Crippen LogP contribution >= 0.6 is 11.5 Å². The molecule has 0 aliphatic carbocycles. The Morgan fingerprint density at radius 1 is 1.21 bits per heavy atom. The third-order valence-corrected chi connectivity index (χ3v) is 5.40. The summed E-state index contributed by atoms with van der Waals surface area (Å²) in [6, 6.07) is 8.23. The van der Waals surface area contributed by atoms with Gasteiger partial charge in [-0.2, -0.15) is 4.37 Å². The monoisotopic (exact) mass is 402 g/mol. The lowest BCUT2D eigenvalue weighted by atomic mass is 10.2. The average molecular weight is 403 g/mol. The Morgan fingerprint density at radius 3 is 2.50 bits per heavy atom. The van der Waals surface area contributed by atoms with Crippen LogP contribution in [0, 0.1) is 0 Å². The Bertz CT molecular complexity index is 765. The molecule has 1 N–H and O–H groups in total. The lowest BCUT2D eigenvalue weighted by molar-refractivity contribution is 0.242. The molecule has 7 nitrogen and oxygen atoms in total. The Kier molecular flexibility index (Phi) is 7.08. The van der Waals surface area contributed by atoms with E-state index in [1.165, 1.54) is 17.1 Å². The molecule has 28 heavy (non-hydrogen) atoms. The summed E-state index contributed by atoms with van der Waals surface area (Å²) in [5.41, 5.74) is 1.21. The number of aromatic nitrogens is 2. The highest BCUT2D eigenvalue weighted by Gasteiger charge is 2.21. The number of ether oxygens (including phenoxy) is 1. The van der Waals surface area contributed by atoms with Crippen molar-refractivity contribution in [2.45, 2.75) is 39.8 Å². The molecule has 2 aromatic rings. The highest BCUT2D eigenvalue weighted by Crippen LogP contribution is 2.19. The van der Waals surface area contributed by atoms with Crippen molar-refractivity contribution >= 4 is 22.6 Å². The Labute approximate surface area is 171 Å². The first-order valence-corrected chi connectivity index (χ1v) is 10.6. The van der Waals surface area contributed by atoms with Crippen LogP contribution < -0.4 is 15.0 Å². The Hall–Kier alpha value is -2.35. The van der Waals surface area contributed by atoms with Crippen molar-refractivity contribution in [1.29, 1.82) is 0 Å². The minimum absolute atomic E-state index is 0.190. The second kappa shape index (κ2) is 9.73. The second-order valence-corrected chi connectivity index (χ2v) is 7.76. The highest BCUT2D eigenvalue weighted by molar-refractivity contribution is 7.09. The van der Waals surface area contributed by atoms with Crippen LogP contribution in [0.1, 0.15) is 32.2 Å². The maximum Gasteiger partial charge on any atom is 0.205 e. The zero-order valence-electron chi connectivity index (χ0n) is 17.2. The van der Waals surface area contributed by atoms with Gasteiger partial charge < -0.3 is 19.9 Å². The molecule has 0 bridgehead atoms. The third kappa shape index (κ3) is 5.34. The fraction of sp³-hybridized carbons (Fsp3) is 0.550. The molecule has 152 valence electrons. The van der Waals surface area contributed by atoms with Gasteiger partial charge in [0.2, 0.25) is 5.13 Å². The summed E-state index contributed by atoms with van der Waals surface area (Å²) in [6.07, 6.45) is 1.08. The number of aryl methyl sites for hydroxylation is 1. The van der Waals surface area contributed by atoms with Gasteiger partial charge in [0, 0.05) is 57.7 Å². The van der Waals surface area contributed by atoms with E-state index in [0.717, 1.165) is 61.8 Å². The van der Waals surface area contributed by atoms with E-state index in [1.807, 2.05) is 33.0 Å². The van der Waals surface area contributed by atoms with Crippen LogP contribution in [0.2, 0.25) is 0 Å². The molecule has 1 aromatic heterocycles. The molecular weight excluding hydrogens is 372 g/mol. The number of piperazine rings is 1. The fourth-order valence-electron chi connectivity index (χ4n) is 3.10. The number of guanidine groups is 1. The van der Waals surface area contributed by atoms with E-state index in [-0.39, 0.29) is 6.10 Å². The molecule has 1 aromatic carbocycles. The maximum atomic E-state index is 5.70. The number of rotatable bonds is 6. The predicted molar refractivity (Wildman–Crippen MR) is 115 cm³/mol. The normalized spacial score (nSPS) is 15.2. The molecule has 8 heteroatoms. The van der Waals surface area contributed by atoms with E-state index >= 15 is 0 Å². The zero-order chi connectivity index (χ0) is 19.9. The summed E-state index contributed by atoms with van der Waals surface area (Å²) in [6.45, 7) is 10.6. The minimum atomic E-state index is 0.190. The minimum Gasteiger partial charge on any atom is -0.491 e. The summed E-state index contributed by atoms with van der Waals surface area (Å²) in [7, 11) is 1.84. The van der Waals surface area contributed by atoms with Crippen LogP contribution in [-0.2, 0) is 13.0 Å². The number of hydrogen-bond donors (Lipinski definition) is 1. The van der Waals surface area contributed by atoms with Gasteiger partial charge in [0.25, 0.3) is 0 Å². The van der Waals surface area contributed by atoms with Crippen molar-refractivity contribution in [2.75, 3.05) is 38.1 Å². The molecule has 2 heterocycles. The third-order valence-electron chi connectivity index (χ3n) is 4.58. The van der Waals surface area contributed by atoms with Gasteiger partial charge in [0.1, 0.15) is 11.6 Å². The molecule has 0 spiro atoms. The van der Waals surface area contributed by atoms with E-state index in [9.17, 15) is 0 Å². The first-order valence-electron chi connectivity index (χ1n) is 9.87. The summed E-state index contributed by atoms with van der Waals surface area (Å²) in [4.78, 5) is 13.7. The van der Waals surface area contributed by atoms with Gasteiger partial charge in [-0.15, -0.1) is 0 Å². The molecule has 0 radical (unpaired) electrons. The average Bonchev–Trinajstić information content (AvgIpc) is 3.19. The zero-order valence-corrected chi connectivity index (χ0v) is 18.0. The van der Waals surface area contributed by atoms with Gasteiger partial charge in [0.05, 0.1) is 6.10 Å². The molecule has 1 fully saturated rings. The molecule has 0 saturated carbocycles. The van der Waals surface area contributed by atoms with Crippen molar-refractivity contribution in [3.8, 4) is 5.75 Å².